The normalized spacial score (nSPS) is 17.7. The van der Waals surface area contributed by atoms with Crippen LogP contribution in [0.2, 0.25) is 0 Å². The van der Waals surface area contributed by atoms with Gasteiger partial charge in [-0.1, -0.05) is 38.1 Å². The molecule has 0 bridgehead atoms. The van der Waals surface area contributed by atoms with Crippen molar-refractivity contribution in [2.45, 2.75) is 52.1 Å². The second-order valence-electron chi connectivity index (χ2n) is 8.58. The Hall–Kier alpha value is -2.13. The van der Waals surface area contributed by atoms with Crippen LogP contribution in [0.4, 0.5) is 0 Å². The molecule has 136 valence electrons. The molecule has 2 aromatic carbocycles. The smallest absolute Gasteiger partial charge is 0.0955 e. The summed E-state index contributed by atoms with van der Waals surface area (Å²) >= 11 is 0. The van der Waals surface area contributed by atoms with E-state index in [4.69, 9.17) is 0 Å². The van der Waals surface area contributed by atoms with Crippen molar-refractivity contribution in [2.75, 3.05) is 0 Å². The fraction of sp³-hybridized carbons (Fsp3) is 0.435. The minimum absolute atomic E-state index is 0.530. The first-order chi connectivity index (χ1) is 12.5. The van der Waals surface area contributed by atoms with E-state index in [0.29, 0.717) is 11.5 Å². The van der Waals surface area contributed by atoms with Gasteiger partial charge < -0.3 is 9.88 Å². The number of nitrogens with zero attached hydrogens (tertiary/aromatic N) is 2. The molecule has 3 aromatic rings. The van der Waals surface area contributed by atoms with Crippen LogP contribution in [-0.4, -0.2) is 15.6 Å². The summed E-state index contributed by atoms with van der Waals surface area (Å²) in [4.78, 5) is 4.49. The molecule has 1 heterocycles. The minimum Gasteiger partial charge on any atom is -0.334 e. The zero-order valence-electron chi connectivity index (χ0n) is 16.1. The summed E-state index contributed by atoms with van der Waals surface area (Å²) in [7, 11) is 2.04. The predicted molar refractivity (Wildman–Crippen MR) is 109 cm³/mol. The zero-order chi connectivity index (χ0) is 18.1. The molecular formula is C23H29N3. The molecule has 1 aliphatic rings. The standard InChI is InChI=1S/C23H29N3/c1-23(2)11-9-20(10-12-23)24-15-17-5-4-6-18(13-17)19-7-8-22-21(14-19)25-16-26(22)3/h4-8,13-14,16,20,24H,9-12,15H2,1-3H3. The maximum atomic E-state index is 4.49. The Balaban J connectivity index is 1.46. The van der Waals surface area contributed by atoms with Gasteiger partial charge in [0.1, 0.15) is 0 Å². The highest BCUT2D eigenvalue weighted by Gasteiger charge is 2.26. The largest absolute Gasteiger partial charge is 0.334 e. The van der Waals surface area contributed by atoms with Crippen molar-refractivity contribution in [2.24, 2.45) is 12.5 Å². The SMILES string of the molecule is Cn1cnc2cc(-c3cccc(CNC4CCC(C)(C)CC4)c3)ccc21. The molecule has 1 fully saturated rings. The summed E-state index contributed by atoms with van der Waals surface area (Å²) in [6, 6.07) is 16.1. The molecule has 0 unspecified atom stereocenters. The minimum atomic E-state index is 0.530. The van der Waals surface area contributed by atoms with Gasteiger partial charge in [-0.25, -0.2) is 4.98 Å². The first-order valence-corrected chi connectivity index (χ1v) is 9.74. The van der Waals surface area contributed by atoms with E-state index >= 15 is 0 Å². The lowest BCUT2D eigenvalue weighted by Crippen LogP contribution is -2.35. The molecule has 4 rings (SSSR count). The quantitative estimate of drug-likeness (QED) is 0.694. The highest BCUT2D eigenvalue weighted by Crippen LogP contribution is 2.35. The molecule has 26 heavy (non-hydrogen) atoms. The van der Waals surface area contributed by atoms with Crippen molar-refractivity contribution in [1.29, 1.82) is 0 Å². The van der Waals surface area contributed by atoms with Gasteiger partial charge in [0.05, 0.1) is 17.4 Å². The lowest BCUT2D eigenvalue weighted by atomic mass is 9.75. The van der Waals surface area contributed by atoms with Gasteiger partial charge in [0.15, 0.2) is 0 Å². The van der Waals surface area contributed by atoms with Gasteiger partial charge in [0.25, 0.3) is 0 Å². The van der Waals surface area contributed by atoms with E-state index in [1.807, 2.05) is 13.4 Å². The number of hydrogen-bond donors (Lipinski definition) is 1. The number of aryl methyl sites for hydroxylation is 1. The Morgan fingerprint density at radius 1 is 1.08 bits per heavy atom. The van der Waals surface area contributed by atoms with Crippen LogP contribution in [0.3, 0.4) is 0 Å². The van der Waals surface area contributed by atoms with Crippen LogP contribution in [0.25, 0.3) is 22.2 Å². The number of nitrogens with one attached hydrogen (secondary N) is 1. The van der Waals surface area contributed by atoms with Crippen LogP contribution in [-0.2, 0) is 13.6 Å². The molecule has 1 aliphatic carbocycles. The van der Waals surface area contributed by atoms with E-state index < -0.39 is 0 Å². The molecule has 3 nitrogen and oxygen atoms in total. The van der Waals surface area contributed by atoms with Crippen molar-refractivity contribution in [3.8, 4) is 11.1 Å². The van der Waals surface area contributed by atoms with E-state index in [-0.39, 0.29) is 0 Å². The molecule has 3 heteroatoms. The van der Waals surface area contributed by atoms with E-state index in [1.54, 1.807) is 0 Å². The van der Waals surface area contributed by atoms with Gasteiger partial charge in [-0.05, 0) is 66.0 Å². The van der Waals surface area contributed by atoms with E-state index in [9.17, 15) is 0 Å². The molecule has 1 aromatic heterocycles. The van der Waals surface area contributed by atoms with E-state index in [0.717, 1.165) is 12.1 Å². The lowest BCUT2D eigenvalue weighted by molar-refractivity contribution is 0.206. The van der Waals surface area contributed by atoms with Crippen LogP contribution in [0.5, 0.6) is 0 Å². The monoisotopic (exact) mass is 347 g/mol. The van der Waals surface area contributed by atoms with Gasteiger partial charge in [-0.3, -0.25) is 0 Å². The average molecular weight is 348 g/mol. The summed E-state index contributed by atoms with van der Waals surface area (Å²) in [6.45, 7) is 5.74. The highest BCUT2D eigenvalue weighted by atomic mass is 15.0. The number of hydrogen-bond acceptors (Lipinski definition) is 2. The van der Waals surface area contributed by atoms with Gasteiger partial charge in [0.2, 0.25) is 0 Å². The summed E-state index contributed by atoms with van der Waals surface area (Å²) in [6.07, 6.45) is 7.12. The maximum Gasteiger partial charge on any atom is 0.0955 e. The van der Waals surface area contributed by atoms with E-state index in [1.165, 1.54) is 47.9 Å². The topological polar surface area (TPSA) is 29.9 Å². The van der Waals surface area contributed by atoms with Crippen molar-refractivity contribution in [3.05, 3.63) is 54.4 Å². The van der Waals surface area contributed by atoms with Crippen LogP contribution in [0.15, 0.2) is 48.8 Å². The Kier molecular flexibility index (Phi) is 4.58. The molecular weight excluding hydrogens is 318 g/mol. The summed E-state index contributed by atoms with van der Waals surface area (Å²) in [5, 5.41) is 3.77. The third-order valence-corrected chi connectivity index (χ3v) is 5.92. The second-order valence-corrected chi connectivity index (χ2v) is 8.58. The summed E-state index contributed by atoms with van der Waals surface area (Å²) in [5.74, 6) is 0. The van der Waals surface area contributed by atoms with E-state index in [2.05, 4.69) is 71.2 Å². The predicted octanol–water partition coefficient (Wildman–Crippen LogP) is 5.30. The number of aromatic nitrogens is 2. The van der Waals surface area contributed by atoms with Crippen molar-refractivity contribution < 1.29 is 0 Å². The average Bonchev–Trinajstić information content (AvgIpc) is 3.01. The van der Waals surface area contributed by atoms with Crippen molar-refractivity contribution in [3.63, 3.8) is 0 Å². The summed E-state index contributed by atoms with van der Waals surface area (Å²) < 4.78 is 2.06. The maximum absolute atomic E-state index is 4.49. The fourth-order valence-corrected chi connectivity index (χ4v) is 4.04. The number of benzene rings is 2. The zero-order valence-corrected chi connectivity index (χ0v) is 16.1. The van der Waals surface area contributed by atoms with Gasteiger partial charge in [0, 0.05) is 19.6 Å². The molecule has 0 spiro atoms. The van der Waals surface area contributed by atoms with Crippen LogP contribution < -0.4 is 5.32 Å². The van der Waals surface area contributed by atoms with Gasteiger partial charge in [-0.15, -0.1) is 0 Å². The number of fused-ring (bicyclic) bond motifs is 1. The van der Waals surface area contributed by atoms with Crippen LogP contribution in [0.1, 0.15) is 45.1 Å². The van der Waals surface area contributed by atoms with Crippen LogP contribution >= 0.6 is 0 Å². The molecule has 0 aliphatic heterocycles. The molecule has 0 atom stereocenters. The molecule has 1 saturated carbocycles. The Labute approximate surface area is 156 Å². The van der Waals surface area contributed by atoms with Crippen molar-refractivity contribution in [1.82, 2.24) is 14.9 Å². The molecule has 0 radical (unpaired) electrons. The summed E-state index contributed by atoms with van der Waals surface area (Å²) in [5.41, 5.74) is 6.61. The Bertz CT molecular complexity index is 897. The molecule has 1 N–H and O–H groups in total. The van der Waals surface area contributed by atoms with Crippen LogP contribution in [0, 0.1) is 5.41 Å². The number of rotatable bonds is 4. The highest BCUT2D eigenvalue weighted by molar-refractivity contribution is 5.82. The molecule has 0 saturated heterocycles. The molecule has 0 amide bonds. The third-order valence-electron chi connectivity index (χ3n) is 5.92. The Morgan fingerprint density at radius 3 is 2.65 bits per heavy atom. The second kappa shape index (κ2) is 6.88. The first kappa shape index (κ1) is 17.3. The first-order valence-electron chi connectivity index (χ1n) is 9.74. The fourth-order valence-electron chi connectivity index (χ4n) is 4.04. The lowest BCUT2D eigenvalue weighted by Gasteiger charge is -2.34. The van der Waals surface area contributed by atoms with Gasteiger partial charge >= 0.3 is 0 Å². The van der Waals surface area contributed by atoms with Gasteiger partial charge in [-0.2, -0.15) is 0 Å². The van der Waals surface area contributed by atoms with Crippen molar-refractivity contribution >= 4 is 11.0 Å². The Morgan fingerprint density at radius 2 is 1.85 bits per heavy atom. The third kappa shape index (κ3) is 3.68. The number of imidazole rings is 1.